The van der Waals surface area contributed by atoms with Crippen molar-refractivity contribution in [3.63, 3.8) is 0 Å². The van der Waals surface area contributed by atoms with Crippen LogP contribution >= 0.6 is 0 Å². The van der Waals surface area contributed by atoms with Gasteiger partial charge in [-0.15, -0.1) is 0 Å². The van der Waals surface area contributed by atoms with Crippen molar-refractivity contribution in [1.29, 1.82) is 0 Å². The fourth-order valence-electron chi connectivity index (χ4n) is 2.54. The van der Waals surface area contributed by atoms with Crippen LogP contribution in [0.3, 0.4) is 0 Å². The van der Waals surface area contributed by atoms with Gasteiger partial charge in [0.25, 0.3) is 0 Å². The quantitative estimate of drug-likeness (QED) is 0.815. The topological polar surface area (TPSA) is 21.3 Å². The molecule has 94 valence electrons. The summed E-state index contributed by atoms with van der Waals surface area (Å²) < 4.78 is 5.13. The molecule has 1 aromatic rings. The Morgan fingerprint density at radius 3 is 2.94 bits per heavy atom. The van der Waals surface area contributed by atoms with Gasteiger partial charge in [0.15, 0.2) is 0 Å². The van der Waals surface area contributed by atoms with E-state index in [4.69, 9.17) is 4.74 Å². The average molecular weight is 233 g/mol. The van der Waals surface area contributed by atoms with E-state index < -0.39 is 0 Å². The molecule has 0 amide bonds. The molecule has 1 aliphatic rings. The number of methoxy groups -OCH3 is 1. The van der Waals surface area contributed by atoms with Crippen LogP contribution in [-0.4, -0.2) is 20.3 Å². The van der Waals surface area contributed by atoms with E-state index in [-0.39, 0.29) is 0 Å². The molecule has 0 saturated heterocycles. The molecule has 2 heteroatoms. The molecule has 1 N–H and O–H groups in total. The van der Waals surface area contributed by atoms with Crippen molar-refractivity contribution in [3.8, 4) is 0 Å². The highest BCUT2D eigenvalue weighted by molar-refractivity contribution is 5.35. The Labute approximate surface area is 104 Å². The van der Waals surface area contributed by atoms with E-state index in [1.54, 1.807) is 18.2 Å². The highest BCUT2D eigenvalue weighted by Crippen LogP contribution is 2.22. The van der Waals surface area contributed by atoms with Crippen LogP contribution in [0.15, 0.2) is 18.2 Å². The van der Waals surface area contributed by atoms with E-state index in [0.29, 0.717) is 5.92 Å². The molecular formula is C15H23NO. The van der Waals surface area contributed by atoms with Crippen LogP contribution in [0.2, 0.25) is 0 Å². The van der Waals surface area contributed by atoms with Crippen LogP contribution in [0, 0.1) is 5.92 Å². The standard InChI is InChI=1S/C15H23NO/c1-12(11-17-2)9-16-10-13-6-7-14-4-3-5-15(14)8-13/h6-8,12,16H,3-5,9-11H2,1-2H3. The molecule has 0 heterocycles. The fourth-order valence-corrected chi connectivity index (χ4v) is 2.54. The Hall–Kier alpha value is -0.860. The lowest BCUT2D eigenvalue weighted by Gasteiger charge is -2.12. The summed E-state index contributed by atoms with van der Waals surface area (Å²) in [6.45, 7) is 5.03. The lowest BCUT2D eigenvalue weighted by Crippen LogP contribution is -2.23. The molecule has 17 heavy (non-hydrogen) atoms. The van der Waals surface area contributed by atoms with Crippen molar-refractivity contribution >= 4 is 0 Å². The normalized spacial score (nSPS) is 15.9. The second-order valence-corrected chi connectivity index (χ2v) is 5.15. The van der Waals surface area contributed by atoms with Gasteiger partial charge in [0.1, 0.15) is 0 Å². The molecule has 1 unspecified atom stereocenters. The van der Waals surface area contributed by atoms with Crippen LogP contribution in [0.25, 0.3) is 0 Å². The first-order chi connectivity index (χ1) is 8.29. The van der Waals surface area contributed by atoms with E-state index in [1.165, 1.54) is 24.8 Å². The predicted molar refractivity (Wildman–Crippen MR) is 71.2 cm³/mol. The van der Waals surface area contributed by atoms with E-state index in [0.717, 1.165) is 19.7 Å². The number of fused-ring (bicyclic) bond motifs is 1. The Bertz CT molecular complexity index is 362. The van der Waals surface area contributed by atoms with E-state index >= 15 is 0 Å². The maximum Gasteiger partial charge on any atom is 0.0499 e. The van der Waals surface area contributed by atoms with Crippen molar-refractivity contribution in [3.05, 3.63) is 34.9 Å². The molecule has 2 nitrogen and oxygen atoms in total. The third-order valence-electron chi connectivity index (χ3n) is 3.44. The summed E-state index contributed by atoms with van der Waals surface area (Å²) in [5.74, 6) is 0.578. The van der Waals surface area contributed by atoms with Gasteiger partial charge >= 0.3 is 0 Å². The summed E-state index contributed by atoms with van der Waals surface area (Å²) in [6, 6.07) is 6.94. The smallest absolute Gasteiger partial charge is 0.0499 e. The zero-order chi connectivity index (χ0) is 12.1. The summed E-state index contributed by atoms with van der Waals surface area (Å²) in [7, 11) is 1.76. The predicted octanol–water partition coefficient (Wildman–Crippen LogP) is 2.55. The fraction of sp³-hybridized carbons (Fsp3) is 0.600. The van der Waals surface area contributed by atoms with Crippen LogP contribution in [0.5, 0.6) is 0 Å². The van der Waals surface area contributed by atoms with Crippen molar-refractivity contribution in [1.82, 2.24) is 5.32 Å². The second-order valence-electron chi connectivity index (χ2n) is 5.15. The van der Waals surface area contributed by atoms with Crippen molar-refractivity contribution in [2.75, 3.05) is 20.3 Å². The van der Waals surface area contributed by atoms with Crippen LogP contribution in [-0.2, 0) is 24.1 Å². The highest BCUT2D eigenvalue weighted by Gasteiger charge is 2.10. The largest absolute Gasteiger partial charge is 0.384 e. The molecule has 1 aliphatic carbocycles. The van der Waals surface area contributed by atoms with Gasteiger partial charge in [-0.1, -0.05) is 25.1 Å². The van der Waals surface area contributed by atoms with Crippen molar-refractivity contribution in [2.24, 2.45) is 5.92 Å². The maximum absolute atomic E-state index is 5.13. The lowest BCUT2D eigenvalue weighted by atomic mass is 10.1. The molecule has 0 aromatic heterocycles. The monoisotopic (exact) mass is 233 g/mol. The van der Waals surface area contributed by atoms with Crippen LogP contribution in [0.1, 0.15) is 30.0 Å². The van der Waals surface area contributed by atoms with Crippen molar-refractivity contribution < 1.29 is 4.74 Å². The maximum atomic E-state index is 5.13. The summed E-state index contributed by atoms with van der Waals surface area (Å²) >= 11 is 0. The summed E-state index contributed by atoms with van der Waals surface area (Å²) in [5, 5.41) is 3.50. The molecule has 1 atom stereocenters. The minimum Gasteiger partial charge on any atom is -0.384 e. The molecule has 0 spiro atoms. The molecule has 0 aliphatic heterocycles. The molecule has 0 bridgehead atoms. The number of rotatable bonds is 6. The van der Waals surface area contributed by atoms with Crippen molar-refractivity contribution in [2.45, 2.75) is 32.7 Å². The number of aryl methyl sites for hydroxylation is 2. The molecule has 0 saturated carbocycles. The van der Waals surface area contributed by atoms with Gasteiger partial charge < -0.3 is 10.1 Å². The average Bonchev–Trinajstić information content (AvgIpc) is 2.76. The zero-order valence-corrected chi connectivity index (χ0v) is 11.0. The Kier molecular flexibility index (Phi) is 4.57. The SMILES string of the molecule is COCC(C)CNCc1ccc2c(c1)CCC2. The Morgan fingerprint density at radius 2 is 2.12 bits per heavy atom. The molecular weight excluding hydrogens is 210 g/mol. The lowest BCUT2D eigenvalue weighted by molar-refractivity contribution is 0.158. The van der Waals surface area contributed by atoms with E-state index in [2.05, 4.69) is 30.4 Å². The molecule has 2 rings (SSSR count). The minimum atomic E-state index is 0.578. The van der Waals surface area contributed by atoms with Crippen LogP contribution < -0.4 is 5.32 Å². The Balaban J connectivity index is 1.79. The summed E-state index contributed by atoms with van der Waals surface area (Å²) in [4.78, 5) is 0. The van der Waals surface area contributed by atoms with Crippen LogP contribution in [0.4, 0.5) is 0 Å². The second kappa shape index (κ2) is 6.18. The minimum absolute atomic E-state index is 0.578. The third-order valence-corrected chi connectivity index (χ3v) is 3.44. The zero-order valence-electron chi connectivity index (χ0n) is 11.0. The highest BCUT2D eigenvalue weighted by atomic mass is 16.5. The summed E-state index contributed by atoms with van der Waals surface area (Å²) in [5.41, 5.74) is 4.53. The van der Waals surface area contributed by atoms with Gasteiger partial charge in [-0.05, 0) is 41.9 Å². The molecule has 1 aromatic carbocycles. The van der Waals surface area contributed by atoms with E-state index in [1.807, 2.05) is 0 Å². The first kappa shape index (κ1) is 12.6. The van der Waals surface area contributed by atoms with Gasteiger partial charge in [0.05, 0.1) is 0 Å². The first-order valence-corrected chi connectivity index (χ1v) is 6.60. The number of hydrogen-bond donors (Lipinski definition) is 1. The van der Waals surface area contributed by atoms with Gasteiger partial charge in [-0.3, -0.25) is 0 Å². The first-order valence-electron chi connectivity index (χ1n) is 6.60. The Morgan fingerprint density at radius 1 is 1.29 bits per heavy atom. The number of benzene rings is 1. The summed E-state index contributed by atoms with van der Waals surface area (Å²) in [6.07, 6.45) is 3.87. The van der Waals surface area contributed by atoms with Gasteiger partial charge in [0.2, 0.25) is 0 Å². The van der Waals surface area contributed by atoms with Gasteiger partial charge in [0, 0.05) is 26.8 Å². The number of nitrogens with one attached hydrogen (secondary N) is 1. The molecule has 0 radical (unpaired) electrons. The van der Waals surface area contributed by atoms with Gasteiger partial charge in [-0.2, -0.15) is 0 Å². The number of hydrogen-bond acceptors (Lipinski definition) is 2. The van der Waals surface area contributed by atoms with E-state index in [9.17, 15) is 0 Å². The third kappa shape index (κ3) is 3.55. The molecule has 0 fully saturated rings. The number of ether oxygens (including phenoxy) is 1. The van der Waals surface area contributed by atoms with Gasteiger partial charge in [-0.25, -0.2) is 0 Å².